The van der Waals surface area contributed by atoms with Gasteiger partial charge in [0, 0.05) is 35.4 Å². The Morgan fingerprint density at radius 1 is 0.848 bits per heavy atom. The lowest BCUT2D eigenvalue weighted by Crippen LogP contribution is -2.64. The van der Waals surface area contributed by atoms with Crippen LogP contribution < -0.4 is 0 Å². The highest BCUT2D eigenvalue weighted by molar-refractivity contribution is 6.80. The normalized spacial score (nSPS) is 24.0. The molecular weight excluding hydrogens is 665 g/mol. The number of epoxide rings is 1. The first kappa shape index (κ1) is 44.3. The lowest BCUT2D eigenvalue weighted by Gasteiger charge is -2.53. The fourth-order valence-electron chi connectivity index (χ4n) is 6.53. The van der Waals surface area contributed by atoms with E-state index in [-0.39, 0.29) is 52.2 Å². The first-order chi connectivity index (χ1) is 20.7. The minimum absolute atomic E-state index is 0.123. The first-order valence-corrected chi connectivity index (χ1v) is 33.0. The molecule has 0 spiro atoms. The molecule has 274 valence electrons. The van der Waals surface area contributed by atoms with Gasteiger partial charge in [0.2, 0.25) is 25.0 Å². The van der Waals surface area contributed by atoms with Gasteiger partial charge in [0.1, 0.15) is 12.8 Å². The van der Waals surface area contributed by atoms with E-state index >= 15 is 0 Å². The van der Waals surface area contributed by atoms with Crippen LogP contribution in [-0.4, -0.2) is 95.8 Å². The number of hydrogen-bond donors (Lipinski definition) is 0. The number of hydrogen-bond acceptors (Lipinski definition) is 8. The first-order valence-electron chi connectivity index (χ1n) is 17.8. The Kier molecular flexibility index (Phi) is 16.0. The maximum atomic E-state index is 12.3. The van der Waals surface area contributed by atoms with Crippen molar-refractivity contribution < 1.29 is 36.7 Å². The molecule has 0 bridgehead atoms. The quantitative estimate of drug-likeness (QED) is 0.0619. The van der Waals surface area contributed by atoms with Gasteiger partial charge in [0.05, 0.1) is 19.5 Å². The van der Waals surface area contributed by atoms with Gasteiger partial charge in [-0.05, 0) is 85.9 Å². The number of ether oxygens (including phenoxy) is 3. The molecule has 0 aromatic carbocycles. The van der Waals surface area contributed by atoms with Crippen molar-refractivity contribution in [1.82, 2.24) is 0 Å². The highest BCUT2D eigenvalue weighted by Crippen LogP contribution is 2.50. The van der Waals surface area contributed by atoms with Gasteiger partial charge < -0.3 is 31.9 Å². The second kappa shape index (κ2) is 16.6. The predicted molar refractivity (Wildman–Crippen MR) is 204 cm³/mol. The standard InChI is InChI=1S/C33H74O8Si5/c1-20-31(42(10,11)12)40-45(18,24-37-30-23-35-30)27(5)26(4)38-46(19,25-36-29(7)34)32(8,21-2)28(6)39-44(16,17)33(9,22-3)41-43(13,14)15/h26-28,30-31H,20-25H2,1-19H3/t26?,27?,28?,30?,31?,32?,33-,45?,46?/m1/s1. The molecule has 13 heteroatoms. The van der Waals surface area contributed by atoms with E-state index in [0.717, 1.165) is 19.3 Å². The Balaban J connectivity index is 3.52. The molecule has 46 heavy (non-hydrogen) atoms. The minimum Gasteiger partial charge on any atom is -0.467 e. The van der Waals surface area contributed by atoms with E-state index in [4.69, 9.17) is 31.9 Å². The van der Waals surface area contributed by atoms with Crippen molar-refractivity contribution >= 4 is 47.3 Å². The Hall–Kier alpha value is 0.314. The van der Waals surface area contributed by atoms with Crippen LogP contribution in [0.2, 0.25) is 76.0 Å². The molecule has 9 atom stereocenters. The molecular formula is C33H74O8Si5. The van der Waals surface area contributed by atoms with Crippen LogP contribution in [0.5, 0.6) is 0 Å². The smallest absolute Gasteiger partial charge is 0.302 e. The van der Waals surface area contributed by atoms with Crippen LogP contribution in [0.15, 0.2) is 0 Å². The Morgan fingerprint density at radius 2 is 1.39 bits per heavy atom. The van der Waals surface area contributed by atoms with Gasteiger partial charge in [-0.1, -0.05) is 54.3 Å². The average molecular weight is 739 g/mol. The summed E-state index contributed by atoms with van der Waals surface area (Å²) in [5.74, 6) is -0.284. The molecule has 0 N–H and O–H groups in total. The molecule has 1 heterocycles. The van der Waals surface area contributed by atoms with Crippen molar-refractivity contribution in [3.63, 3.8) is 0 Å². The number of rotatable bonds is 22. The molecule has 1 aliphatic heterocycles. The van der Waals surface area contributed by atoms with Gasteiger partial charge in [0.15, 0.2) is 14.6 Å². The molecule has 1 aliphatic rings. The number of esters is 1. The second-order valence-corrected chi connectivity index (χ2v) is 39.5. The van der Waals surface area contributed by atoms with Crippen molar-refractivity contribution in [2.45, 2.75) is 187 Å². The number of carbonyl (C=O) groups is 1. The molecule has 1 saturated heterocycles. The minimum atomic E-state index is -2.83. The molecule has 0 aromatic rings. The lowest BCUT2D eigenvalue weighted by molar-refractivity contribution is -0.139. The summed E-state index contributed by atoms with van der Waals surface area (Å²) in [6, 6.07) is 0. The third-order valence-corrected chi connectivity index (χ3v) is 27.7. The fraction of sp³-hybridized carbons (Fsp3) is 0.970. The molecule has 0 radical (unpaired) electrons. The molecule has 1 rings (SSSR count). The van der Waals surface area contributed by atoms with E-state index in [2.05, 4.69) is 121 Å². The van der Waals surface area contributed by atoms with Crippen LogP contribution in [0, 0.1) is 0 Å². The van der Waals surface area contributed by atoms with Crippen LogP contribution in [0.4, 0.5) is 0 Å². The third kappa shape index (κ3) is 11.7. The van der Waals surface area contributed by atoms with Crippen molar-refractivity contribution in [2.24, 2.45) is 0 Å². The summed E-state index contributed by atoms with van der Waals surface area (Å²) in [6.45, 7) is 43.0. The Labute approximate surface area is 289 Å². The van der Waals surface area contributed by atoms with E-state index < -0.39 is 41.3 Å². The van der Waals surface area contributed by atoms with E-state index in [1.54, 1.807) is 0 Å². The SMILES string of the molecule is CCC(O[Si](C)(COC1CO1)C(C)C(C)O[Si](C)(COC(C)=O)C(C)(CC)C(C)O[Si](C)(C)[C@](C)(CC)O[Si](C)(C)C)[Si](C)(C)C. The van der Waals surface area contributed by atoms with E-state index in [1.165, 1.54) is 6.92 Å². The van der Waals surface area contributed by atoms with Crippen LogP contribution >= 0.6 is 0 Å². The molecule has 0 saturated carbocycles. The van der Waals surface area contributed by atoms with Gasteiger partial charge in [-0.2, -0.15) is 0 Å². The summed E-state index contributed by atoms with van der Waals surface area (Å²) in [7, 11) is -11.1. The van der Waals surface area contributed by atoms with Crippen LogP contribution in [0.25, 0.3) is 0 Å². The van der Waals surface area contributed by atoms with Gasteiger partial charge in [-0.3, -0.25) is 4.79 Å². The zero-order chi connectivity index (χ0) is 36.2. The highest BCUT2D eigenvalue weighted by Gasteiger charge is 2.57. The third-order valence-electron chi connectivity index (χ3n) is 11.1. The second-order valence-electron chi connectivity index (χ2n) is 17.2. The monoisotopic (exact) mass is 738 g/mol. The van der Waals surface area contributed by atoms with Crippen LogP contribution in [-0.2, 0) is 36.7 Å². The van der Waals surface area contributed by atoms with Gasteiger partial charge in [-0.25, -0.2) is 0 Å². The van der Waals surface area contributed by atoms with E-state index in [9.17, 15) is 4.79 Å². The summed E-state index contributed by atoms with van der Waals surface area (Å²) >= 11 is 0. The van der Waals surface area contributed by atoms with Gasteiger partial charge in [0.25, 0.3) is 0 Å². The zero-order valence-electron chi connectivity index (χ0n) is 33.4. The van der Waals surface area contributed by atoms with Crippen LogP contribution in [0.3, 0.4) is 0 Å². The Bertz CT molecular complexity index is 971. The highest BCUT2D eigenvalue weighted by atomic mass is 28.4. The number of carbonyl (C=O) groups excluding carboxylic acids is 1. The summed E-state index contributed by atoms with van der Waals surface area (Å²) in [5.41, 5.74) is 0.359. The largest absolute Gasteiger partial charge is 0.467 e. The molecule has 0 aliphatic carbocycles. The van der Waals surface area contributed by atoms with Crippen molar-refractivity contribution in [1.29, 1.82) is 0 Å². The van der Waals surface area contributed by atoms with Crippen molar-refractivity contribution in [2.75, 3.05) is 19.1 Å². The molecule has 0 amide bonds. The predicted octanol–water partition coefficient (Wildman–Crippen LogP) is 8.96. The van der Waals surface area contributed by atoms with E-state index in [0.29, 0.717) is 12.8 Å². The lowest BCUT2D eigenvalue weighted by atomic mass is 10.0. The fourth-order valence-corrected chi connectivity index (χ4v) is 22.7. The van der Waals surface area contributed by atoms with Crippen molar-refractivity contribution in [3.05, 3.63) is 0 Å². The molecule has 8 unspecified atom stereocenters. The topological polar surface area (TPSA) is 85.0 Å². The molecule has 1 fully saturated rings. The van der Waals surface area contributed by atoms with Gasteiger partial charge in [-0.15, -0.1) is 0 Å². The van der Waals surface area contributed by atoms with Crippen LogP contribution in [0.1, 0.15) is 81.6 Å². The summed E-state index contributed by atoms with van der Waals surface area (Å²) < 4.78 is 46.1. The zero-order valence-corrected chi connectivity index (χ0v) is 38.4. The maximum absolute atomic E-state index is 12.3. The average Bonchev–Trinajstić information content (AvgIpc) is 3.75. The van der Waals surface area contributed by atoms with E-state index in [1.807, 2.05) is 0 Å². The molecule has 0 aromatic heterocycles. The maximum Gasteiger partial charge on any atom is 0.302 e. The Morgan fingerprint density at radius 3 is 1.78 bits per heavy atom. The summed E-state index contributed by atoms with van der Waals surface area (Å²) in [4.78, 5) is 12.3. The summed E-state index contributed by atoms with van der Waals surface area (Å²) in [6.07, 6.45) is 3.17. The van der Waals surface area contributed by atoms with Gasteiger partial charge >= 0.3 is 5.97 Å². The summed E-state index contributed by atoms with van der Waals surface area (Å²) in [5, 5.41) is -0.672. The molecule has 8 nitrogen and oxygen atoms in total. The van der Waals surface area contributed by atoms with Crippen molar-refractivity contribution in [3.8, 4) is 0 Å².